The lowest BCUT2D eigenvalue weighted by Gasteiger charge is -2.24. The number of nitrogens with zero attached hydrogens (tertiary/aromatic N) is 5. The minimum atomic E-state index is -0.258. The molecule has 0 saturated heterocycles. The zero-order valence-electron chi connectivity index (χ0n) is 18.5. The molecule has 2 heterocycles. The lowest BCUT2D eigenvalue weighted by Crippen LogP contribution is -2.40. The number of pyridine rings is 1. The van der Waals surface area contributed by atoms with E-state index in [1.807, 2.05) is 31.3 Å². The zero-order valence-corrected chi connectivity index (χ0v) is 19.3. The first-order valence-corrected chi connectivity index (χ1v) is 11.7. The van der Waals surface area contributed by atoms with E-state index in [-0.39, 0.29) is 5.82 Å². The van der Waals surface area contributed by atoms with E-state index >= 15 is 0 Å². The van der Waals surface area contributed by atoms with E-state index in [0.717, 1.165) is 34.3 Å². The van der Waals surface area contributed by atoms with Crippen molar-refractivity contribution in [2.75, 3.05) is 30.3 Å². The summed E-state index contributed by atoms with van der Waals surface area (Å²) in [5.41, 5.74) is 3.11. The van der Waals surface area contributed by atoms with Crippen molar-refractivity contribution in [1.29, 1.82) is 5.26 Å². The molecule has 0 radical (unpaired) electrons. The van der Waals surface area contributed by atoms with Gasteiger partial charge >= 0.3 is 0 Å². The summed E-state index contributed by atoms with van der Waals surface area (Å²) in [7, 11) is 0. The molecule has 3 aromatic rings. The van der Waals surface area contributed by atoms with Gasteiger partial charge in [0.25, 0.3) is 0 Å². The number of rotatable bonds is 11. The molecule has 0 atom stereocenters. The maximum atomic E-state index is 13.3. The van der Waals surface area contributed by atoms with Crippen LogP contribution in [0.3, 0.4) is 0 Å². The number of anilines is 1. The number of imidazole rings is 1. The molecule has 0 spiro atoms. The fraction of sp³-hybridized carbons (Fsp3) is 0.304. The average molecular weight is 467 g/mol. The summed E-state index contributed by atoms with van der Waals surface area (Å²) in [6.45, 7) is 4.33. The van der Waals surface area contributed by atoms with Gasteiger partial charge in [-0.2, -0.15) is 17.0 Å². The topological polar surface area (TPSA) is 105 Å². The smallest absolute Gasteiger partial charge is 0.204 e. The number of aliphatic imine (C=N–C) groups is 1. The van der Waals surface area contributed by atoms with Crippen LogP contribution in [0.4, 0.5) is 10.2 Å². The molecule has 8 nitrogen and oxygen atoms in total. The Morgan fingerprint density at radius 1 is 1.24 bits per heavy atom. The van der Waals surface area contributed by atoms with Crippen molar-refractivity contribution in [3.63, 3.8) is 0 Å². The monoisotopic (exact) mass is 466 g/mol. The molecule has 172 valence electrons. The largest absolute Gasteiger partial charge is 0.354 e. The Morgan fingerprint density at radius 3 is 2.79 bits per heavy atom. The van der Waals surface area contributed by atoms with Gasteiger partial charge in [-0.15, -0.1) is 0 Å². The standard InChI is InChI=1S/C23H27FN8S/c1-18-21(31-17-30-18)15-33-13-11-28-23(29-16-25)27-10-12-32(22-4-2-3-9-26-22)14-19-5-7-20(24)8-6-19/h2-9,17H,10-15H2,1H3,(H,30,31)(H2,27,28,29). The van der Waals surface area contributed by atoms with E-state index in [1.54, 1.807) is 36.4 Å². The van der Waals surface area contributed by atoms with Gasteiger partial charge in [-0.1, -0.05) is 18.2 Å². The first kappa shape index (κ1) is 24.1. The van der Waals surface area contributed by atoms with Gasteiger partial charge in [0.15, 0.2) is 6.19 Å². The zero-order chi connectivity index (χ0) is 23.3. The highest BCUT2D eigenvalue weighted by Gasteiger charge is 2.09. The van der Waals surface area contributed by atoms with Gasteiger partial charge in [-0.3, -0.25) is 10.3 Å². The SMILES string of the molecule is Cc1[nH]cnc1CSCCN=C(NC#N)NCCN(Cc1ccc(F)cc1)c1ccccn1. The molecule has 0 aliphatic heterocycles. The molecule has 0 aliphatic rings. The van der Waals surface area contributed by atoms with E-state index in [4.69, 9.17) is 5.26 Å². The van der Waals surface area contributed by atoms with Crippen molar-refractivity contribution in [3.8, 4) is 6.19 Å². The Kier molecular flexibility index (Phi) is 9.54. The van der Waals surface area contributed by atoms with Crippen LogP contribution in [-0.2, 0) is 12.3 Å². The van der Waals surface area contributed by atoms with Crippen LogP contribution in [-0.4, -0.2) is 46.3 Å². The lowest BCUT2D eigenvalue weighted by atomic mass is 10.2. The van der Waals surface area contributed by atoms with E-state index < -0.39 is 0 Å². The number of nitriles is 1. The van der Waals surface area contributed by atoms with Gasteiger partial charge in [0.1, 0.15) is 11.6 Å². The first-order valence-electron chi connectivity index (χ1n) is 10.6. The number of halogens is 1. The van der Waals surface area contributed by atoms with Gasteiger partial charge in [-0.25, -0.2) is 14.4 Å². The van der Waals surface area contributed by atoms with Crippen LogP contribution in [0.25, 0.3) is 0 Å². The normalized spacial score (nSPS) is 11.1. The van der Waals surface area contributed by atoms with Crippen LogP contribution in [0.1, 0.15) is 17.0 Å². The minimum absolute atomic E-state index is 0.258. The highest BCUT2D eigenvalue weighted by Crippen LogP contribution is 2.14. The Balaban J connectivity index is 1.51. The van der Waals surface area contributed by atoms with E-state index in [9.17, 15) is 4.39 Å². The van der Waals surface area contributed by atoms with Gasteiger partial charge in [0.2, 0.25) is 5.96 Å². The van der Waals surface area contributed by atoms with E-state index in [1.165, 1.54) is 12.1 Å². The van der Waals surface area contributed by atoms with Crippen molar-refractivity contribution in [3.05, 3.63) is 77.8 Å². The predicted octanol–water partition coefficient (Wildman–Crippen LogP) is 3.21. The van der Waals surface area contributed by atoms with Crippen molar-refractivity contribution in [1.82, 2.24) is 25.6 Å². The Morgan fingerprint density at radius 2 is 2.09 bits per heavy atom. The maximum absolute atomic E-state index is 13.3. The molecule has 0 fully saturated rings. The second-order valence-electron chi connectivity index (χ2n) is 7.16. The Bertz CT molecular complexity index is 1050. The molecule has 3 rings (SSSR count). The van der Waals surface area contributed by atoms with Crippen molar-refractivity contribution in [2.24, 2.45) is 4.99 Å². The van der Waals surface area contributed by atoms with Crippen LogP contribution >= 0.6 is 11.8 Å². The van der Waals surface area contributed by atoms with Crippen molar-refractivity contribution < 1.29 is 4.39 Å². The number of benzene rings is 1. The number of aryl methyl sites for hydroxylation is 1. The minimum Gasteiger partial charge on any atom is -0.354 e. The molecule has 0 aliphatic carbocycles. The van der Waals surface area contributed by atoms with Gasteiger partial charge < -0.3 is 15.2 Å². The first-order chi connectivity index (χ1) is 16.2. The Hall–Kier alpha value is -3.58. The van der Waals surface area contributed by atoms with Gasteiger partial charge in [-0.05, 0) is 36.8 Å². The molecule has 0 amide bonds. The molecule has 3 N–H and O–H groups in total. The summed E-state index contributed by atoms with van der Waals surface area (Å²) < 4.78 is 13.3. The number of H-pyrrole nitrogens is 1. The number of aromatic amines is 1. The number of guanidine groups is 1. The van der Waals surface area contributed by atoms with E-state index in [0.29, 0.717) is 32.1 Å². The number of hydrogen-bond acceptors (Lipinski definition) is 6. The molecule has 1 aromatic carbocycles. The summed E-state index contributed by atoms with van der Waals surface area (Å²) in [6, 6.07) is 12.2. The van der Waals surface area contributed by atoms with Gasteiger partial charge in [0.05, 0.1) is 18.6 Å². The molecular weight excluding hydrogens is 439 g/mol. The molecule has 0 unspecified atom stereocenters. The molecular formula is C23H27FN8S. The van der Waals surface area contributed by atoms with Crippen LogP contribution in [0, 0.1) is 24.2 Å². The number of nitrogens with one attached hydrogen (secondary N) is 3. The molecule has 0 bridgehead atoms. The lowest BCUT2D eigenvalue weighted by molar-refractivity contribution is 0.626. The van der Waals surface area contributed by atoms with Crippen LogP contribution < -0.4 is 15.5 Å². The van der Waals surface area contributed by atoms with Crippen LogP contribution in [0.2, 0.25) is 0 Å². The van der Waals surface area contributed by atoms with Crippen LogP contribution in [0.5, 0.6) is 0 Å². The summed E-state index contributed by atoms with van der Waals surface area (Å²) >= 11 is 1.74. The average Bonchev–Trinajstić information content (AvgIpc) is 3.24. The fourth-order valence-electron chi connectivity index (χ4n) is 3.05. The van der Waals surface area contributed by atoms with E-state index in [2.05, 4.69) is 35.5 Å². The van der Waals surface area contributed by atoms with Crippen LogP contribution in [0.15, 0.2) is 60.0 Å². The highest BCUT2D eigenvalue weighted by atomic mass is 32.2. The number of hydrogen-bond donors (Lipinski definition) is 3. The molecule has 33 heavy (non-hydrogen) atoms. The summed E-state index contributed by atoms with van der Waals surface area (Å²) in [5.74, 6) is 2.64. The summed E-state index contributed by atoms with van der Waals surface area (Å²) in [6.07, 6.45) is 5.37. The summed E-state index contributed by atoms with van der Waals surface area (Å²) in [5, 5.41) is 14.8. The molecule has 10 heteroatoms. The third-order valence-corrected chi connectivity index (χ3v) is 5.74. The number of aromatic nitrogens is 3. The Labute approximate surface area is 197 Å². The predicted molar refractivity (Wildman–Crippen MR) is 130 cm³/mol. The van der Waals surface area contributed by atoms with Crippen molar-refractivity contribution in [2.45, 2.75) is 19.2 Å². The summed E-state index contributed by atoms with van der Waals surface area (Å²) in [4.78, 5) is 18.4. The third kappa shape index (κ3) is 8.12. The van der Waals surface area contributed by atoms with Gasteiger partial charge in [0, 0.05) is 43.0 Å². The molecule has 2 aromatic heterocycles. The second kappa shape index (κ2) is 13.1. The maximum Gasteiger partial charge on any atom is 0.204 e. The van der Waals surface area contributed by atoms with Crippen molar-refractivity contribution >= 4 is 23.5 Å². The third-order valence-electron chi connectivity index (χ3n) is 4.79. The number of thioether (sulfide) groups is 1. The fourth-order valence-corrected chi connectivity index (χ4v) is 3.90. The molecule has 0 saturated carbocycles. The second-order valence-corrected chi connectivity index (χ2v) is 8.26. The highest BCUT2D eigenvalue weighted by molar-refractivity contribution is 7.98. The quantitative estimate of drug-likeness (QED) is 0.131.